The second kappa shape index (κ2) is 15.3. The Morgan fingerprint density at radius 1 is 0.957 bits per heavy atom. The van der Waals surface area contributed by atoms with Crippen molar-refractivity contribution >= 4 is 41.0 Å². The number of carbonyl (C=O) groups is 3. The molecule has 0 radical (unpaired) electrons. The quantitative estimate of drug-likeness (QED) is 0.322. The van der Waals surface area contributed by atoms with Crippen LogP contribution >= 0.6 is 11.8 Å². The Balaban J connectivity index is 1.23. The van der Waals surface area contributed by atoms with Gasteiger partial charge in [0.15, 0.2) is 0 Å². The molecule has 1 N–H and O–H groups in total. The molecule has 2 fully saturated rings. The maximum atomic E-state index is 14.0. The maximum Gasteiger partial charge on any atom is 0.322 e. The van der Waals surface area contributed by atoms with E-state index in [4.69, 9.17) is 0 Å². The van der Waals surface area contributed by atoms with E-state index < -0.39 is 5.25 Å². The summed E-state index contributed by atoms with van der Waals surface area (Å²) in [5.41, 5.74) is 4.42. The van der Waals surface area contributed by atoms with Crippen molar-refractivity contribution in [3.63, 3.8) is 0 Å². The van der Waals surface area contributed by atoms with Gasteiger partial charge in [-0.1, -0.05) is 57.2 Å². The highest BCUT2D eigenvalue weighted by Crippen LogP contribution is 2.47. The number of urea groups is 1. The standard InChI is InChI=1S/C37H54N6O3S/c1-37(2,3)19-25-43-34(45)32(47-35(43)29-13-8-10-15-31(29)40(6)21-11-20-39(4)5)26-33(44)41-22-17-28(18-23-41)42-24-16-27-12-7-9-14-30(27)38-36(42)46/h7-10,12-15,28,32,35H,11,16-26H2,1-6H3,(H,38,46). The van der Waals surface area contributed by atoms with E-state index in [9.17, 15) is 14.4 Å². The van der Waals surface area contributed by atoms with Gasteiger partial charge in [0.25, 0.3) is 0 Å². The number of nitrogens with zero attached hydrogens (tertiary/aromatic N) is 5. The van der Waals surface area contributed by atoms with E-state index in [1.54, 1.807) is 11.8 Å². The molecule has 2 aromatic carbocycles. The summed E-state index contributed by atoms with van der Waals surface area (Å²) in [7, 11) is 6.33. The number of carbonyl (C=O) groups excluding carboxylic acids is 3. The largest absolute Gasteiger partial charge is 0.374 e. The van der Waals surface area contributed by atoms with E-state index >= 15 is 0 Å². The van der Waals surface area contributed by atoms with Gasteiger partial charge >= 0.3 is 6.03 Å². The molecular weight excluding hydrogens is 609 g/mol. The zero-order valence-corrected chi connectivity index (χ0v) is 30.0. The highest BCUT2D eigenvalue weighted by atomic mass is 32.2. The summed E-state index contributed by atoms with van der Waals surface area (Å²) in [5.74, 6) is 0.103. The highest BCUT2D eigenvalue weighted by Gasteiger charge is 2.44. The molecule has 47 heavy (non-hydrogen) atoms. The van der Waals surface area contributed by atoms with Crippen molar-refractivity contribution in [2.24, 2.45) is 5.41 Å². The minimum atomic E-state index is -0.410. The van der Waals surface area contributed by atoms with Gasteiger partial charge < -0.3 is 29.8 Å². The number of anilines is 2. The Bertz CT molecular complexity index is 1400. The monoisotopic (exact) mass is 662 g/mol. The van der Waals surface area contributed by atoms with Gasteiger partial charge in [-0.15, -0.1) is 11.8 Å². The smallest absolute Gasteiger partial charge is 0.322 e. The van der Waals surface area contributed by atoms with Crippen molar-refractivity contribution < 1.29 is 14.4 Å². The first-order valence-corrected chi connectivity index (χ1v) is 18.2. The van der Waals surface area contributed by atoms with Gasteiger partial charge in [-0.25, -0.2) is 4.79 Å². The molecule has 0 aliphatic carbocycles. The predicted molar refractivity (Wildman–Crippen MR) is 193 cm³/mol. The minimum absolute atomic E-state index is 0.0348. The number of nitrogens with one attached hydrogen (secondary N) is 1. The number of rotatable bonds is 11. The number of piperidine rings is 1. The molecule has 0 bridgehead atoms. The van der Waals surface area contributed by atoms with Gasteiger partial charge in [-0.05, 0) is 75.9 Å². The molecule has 2 atom stereocenters. The second-order valence-electron chi connectivity index (χ2n) is 14.8. The molecule has 0 spiro atoms. The third kappa shape index (κ3) is 8.82. The Morgan fingerprint density at radius 3 is 2.38 bits per heavy atom. The van der Waals surface area contributed by atoms with Crippen molar-refractivity contribution in [3.05, 3.63) is 59.7 Å². The molecular formula is C37H54N6O3S. The molecule has 10 heteroatoms. The maximum absolute atomic E-state index is 14.0. The van der Waals surface area contributed by atoms with Gasteiger partial charge in [0.2, 0.25) is 11.8 Å². The first-order chi connectivity index (χ1) is 22.4. The first-order valence-electron chi connectivity index (χ1n) is 17.3. The van der Waals surface area contributed by atoms with Gasteiger partial charge in [0.1, 0.15) is 5.37 Å². The van der Waals surface area contributed by atoms with E-state index in [1.807, 2.05) is 32.9 Å². The SMILES string of the molecule is CN(C)CCCN(C)c1ccccc1C1SC(CC(=O)N2CCC(N3CCc4ccccc4NC3=O)CC2)C(=O)N1CCC(C)(C)C. The van der Waals surface area contributed by atoms with Crippen LogP contribution in [0.1, 0.15) is 69.4 Å². The number of amides is 4. The molecule has 2 aromatic rings. The molecule has 256 valence electrons. The van der Waals surface area contributed by atoms with Crippen molar-refractivity contribution in [3.8, 4) is 0 Å². The van der Waals surface area contributed by atoms with Gasteiger partial charge in [-0.3, -0.25) is 9.59 Å². The number of hydrogen-bond acceptors (Lipinski definition) is 6. The van der Waals surface area contributed by atoms with Crippen LogP contribution < -0.4 is 10.2 Å². The Labute approximate surface area is 286 Å². The van der Waals surface area contributed by atoms with Crippen LogP contribution in [0.2, 0.25) is 0 Å². The van der Waals surface area contributed by atoms with Crippen molar-refractivity contribution in [1.82, 2.24) is 19.6 Å². The van der Waals surface area contributed by atoms with Gasteiger partial charge in [-0.2, -0.15) is 0 Å². The molecule has 2 saturated heterocycles. The molecule has 3 aliphatic rings. The highest BCUT2D eigenvalue weighted by molar-refractivity contribution is 8.01. The fraction of sp³-hybridized carbons (Fsp3) is 0.595. The number of likely N-dealkylation sites (tertiary alicyclic amines) is 1. The fourth-order valence-corrected chi connectivity index (χ4v) is 8.39. The lowest BCUT2D eigenvalue weighted by atomic mass is 9.92. The lowest BCUT2D eigenvalue weighted by molar-refractivity contribution is -0.137. The van der Waals surface area contributed by atoms with E-state index in [2.05, 4.69) is 87.4 Å². The summed E-state index contributed by atoms with van der Waals surface area (Å²) >= 11 is 1.64. The number of fused-ring (bicyclic) bond motifs is 1. The van der Waals surface area contributed by atoms with E-state index in [-0.39, 0.29) is 41.1 Å². The van der Waals surface area contributed by atoms with E-state index in [1.165, 1.54) is 0 Å². The Hall–Kier alpha value is -3.24. The number of thioether (sulfide) groups is 1. The molecule has 9 nitrogen and oxygen atoms in total. The third-order valence-corrected chi connectivity index (χ3v) is 11.2. The van der Waals surface area contributed by atoms with E-state index in [0.29, 0.717) is 26.2 Å². The van der Waals surface area contributed by atoms with Crippen LogP contribution in [-0.2, 0) is 16.0 Å². The van der Waals surface area contributed by atoms with Crippen LogP contribution in [0.5, 0.6) is 0 Å². The lowest BCUT2D eigenvalue weighted by Gasteiger charge is -2.38. The summed E-state index contributed by atoms with van der Waals surface area (Å²) in [6.45, 7) is 11.1. The van der Waals surface area contributed by atoms with Gasteiger partial charge in [0.05, 0.1) is 5.25 Å². The fourth-order valence-electron chi connectivity index (χ4n) is 6.89. The Morgan fingerprint density at radius 2 is 1.66 bits per heavy atom. The number of hydrogen-bond donors (Lipinski definition) is 1. The van der Waals surface area contributed by atoms with Crippen LogP contribution in [0.3, 0.4) is 0 Å². The van der Waals surface area contributed by atoms with Crippen molar-refractivity contribution in [2.45, 2.75) is 76.0 Å². The number of benzene rings is 2. The Kier molecular flexibility index (Phi) is 11.4. The summed E-state index contributed by atoms with van der Waals surface area (Å²) in [5, 5.41) is 2.54. The zero-order chi connectivity index (χ0) is 33.7. The third-order valence-electron chi connectivity index (χ3n) is 9.71. The molecule has 3 heterocycles. The predicted octanol–water partition coefficient (Wildman–Crippen LogP) is 5.92. The normalized spacial score (nSPS) is 20.8. The molecule has 0 saturated carbocycles. The molecule has 5 rings (SSSR count). The minimum Gasteiger partial charge on any atom is -0.374 e. The molecule has 3 aliphatic heterocycles. The molecule has 0 aromatic heterocycles. The molecule has 2 unspecified atom stereocenters. The topological polar surface area (TPSA) is 79.4 Å². The summed E-state index contributed by atoms with van der Waals surface area (Å²) in [6, 6.07) is 16.5. The number of para-hydroxylation sites is 2. The van der Waals surface area contributed by atoms with Crippen LogP contribution in [0.4, 0.5) is 16.2 Å². The van der Waals surface area contributed by atoms with Crippen LogP contribution in [0.25, 0.3) is 0 Å². The van der Waals surface area contributed by atoms with Crippen LogP contribution in [-0.4, -0.2) is 109 Å². The van der Waals surface area contributed by atoms with E-state index in [0.717, 1.165) is 67.7 Å². The average molecular weight is 663 g/mol. The summed E-state index contributed by atoms with van der Waals surface area (Å²) in [6.07, 6.45) is 4.45. The van der Waals surface area contributed by atoms with Crippen molar-refractivity contribution in [2.75, 3.05) is 70.6 Å². The van der Waals surface area contributed by atoms with Crippen molar-refractivity contribution in [1.29, 1.82) is 0 Å². The summed E-state index contributed by atoms with van der Waals surface area (Å²) < 4.78 is 0. The second-order valence-corrected chi connectivity index (χ2v) is 16.1. The average Bonchev–Trinajstić information content (AvgIpc) is 3.23. The van der Waals surface area contributed by atoms with Gasteiger partial charge in [0, 0.05) is 69.2 Å². The first kappa shape index (κ1) is 35.1. The summed E-state index contributed by atoms with van der Waals surface area (Å²) in [4.78, 5) is 51.2. The zero-order valence-electron chi connectivity index (χ0n) is 29.2. The molecule has 4 amide bonds. The van der Waals surface area contributed by atoms with Crippen LogP contribution in [0, 0.1) is 5.41 Å². The van der Waals surface area contributed by atoms with Crippen LogP contribution in [0.15, 0.2) is 48.5 Å². The lowest BCUT2D eigenvalue weighted by Crippen LogP contribution is -2.50.